The monoisotopic (exact) mass is 482 g/mol. The number of carbonyl (C=O) groups excluding carboxylic acids is 2. The fourth-order valence-corrected chi connectivity index (χ4v) is 6.06. The van der Waals surface area contributed by atoms with E-state index < -0.39 is 5.41 Å². The van der Waals surface area contributed by atoms with E-state index in [1.54, 1.807) is 23.0 Å². The Morgan fingerprint density at radius 2 is 1.78 bits per heavy atom. The summed E-state index contributed by atoms with van der Waals surface area (Å²) in [5.41, 5.74) is 9.72. The maximum absolute atomic E-state index is 13.8. The first-order valence-corrected chi connectivity index (χ1v) is 12.2. The molecule has 0 radical (unpaired) electrons. The van der Waals surface area contributed by atoms with Crippen LogP contribution in [0.25, 0.3) is 16.6 Å². The van der Waals surface area contributed by atoms with Gasteiger partial charge in [0.1, 0.15) is 5.82 Å². The zero-order valence-electron chi connectivity index (χ0n) is 20.2. The molecule has 1 aliphatic carbocycles. The van der Waals surface area contributed by atoms with Gasteiger partial charge in [-0.15, -0.1) is 0 Å². The number of anilines is 1. The normalized spacial score (nSPS) is 22.8. The third kappa shape index (κ3) is 3.33. The Hall–Kier alpha value is -4.00. The molecule has 2 fully saturated rings. The number of aryl methyl sites for hydroxylation is 1. The summed E-state index contributed by atoms with van der Waals surface area (Å²) in [6.45, 7) is 3.95. The third-order valence-electron chi connectivity index (χ3n) is 7.99. The fraction of sp³-hybridized carbons (Fsp3) is 0.276. The Kier molecular flexibility index (Phi) is 5.00. The minimum absolute atomic E-state index is 0.00990. The van der Waals surface area contributed by atoms with Crippen molar-refractivity contribution in [3.63, 3.8) is 0 Å². The molecule has 0 unspecified atom stereocenters. The number of fused-ring (bicyclic) bond motifs is 1. The van der Waals surface area contributed by atoms with Crippen LogP contribution in [-0.4, -0.2) is 21.6 Å². The van der Waals surface area contributed by atoms with Crippen LogP contribution in [0.15, 0.2) is 72.9 Å². The average Bonchev–Trinajstić information content (AvgIpc) is 3.49. The van der Waals surface area contributed by atoms with Gasteiger partial charge < -0.3 is 10.6 Å². The van der Waals surface area contributed by atoms with Gasteiger partial charge in [0, 0.05) is 22.9 Å². The molecule has 1 saturated carbocycles. The number of primary amides is 1. The smallest absolute Gasteiger partial charge is 0.230 e. The lowest BCUT2D eigenvalue weighted by molar-refractivity contribution is -0.126. The van der Waals surface area contributed by atoms with Gasteiger partial charge >= 0.3 is 0 Å². The number of aromatic nitrogens is 2. The number of benzene rings is 3. The molecule has 2 N–H and O–H groups in total. The van der Waals surface area contributed by atoms with E-state index in [2.05, 4.69) is 11.2 Å². The van der Waals surface area contributed by atoms with Crippen molar-refractivity contribution in [2.24, 2.45) is 23.0 Å². The second-order valence-corrected chi connectivity index (χ2v) is 10.2. The molecule has 3 aromatic carbocycles. The van der Waals surface area contributed by atoms with E-state index in [4.69, 9.17) is 5.73 Å². The summed E-state index contributed by atoms with van der Waals surface area (Å²) in [7, 11) is 0. The van der Waals surface area contributed by atoms with Crippen LogP contribution in [0.5, 0.6) is 0 Å². The van der Waals surface area contributed by atoms with Crippen molar-refractivity contribution < 1.29 is 14.0 Å². The SMILES string of the molecule is Cc1cccc([C@H]2[C@H](C3(C(N)=O)CC3)[C@H](C)C(=O)N2c2ccc3c(cnn3-c3ccc(F)cc3)c2)c1. The molecule has 4 aromatic rings. The zero-order chi connectivity index (χ0) is 25.2. The van der Waals surface area contributed by atoms with Gasteiger partial charge in [0.05, 0.1) is 28.9 Å². The quantitative estimate of drug-likeness (QED) is 0.431. The number of nitrogens with zero attached hydrogens (tertiary/aromatic N) is 3. The van der Waals surface area contributed by atoms with Gasteiger partial charge in [-0.05, 0) is 67.8 Å². The van der Waals surface area contributed by atoms with Crippen molar-refractivity contribution in [1.82, 2.24) is 9.78 Å². The molecular formula is C29H27FN4O2. The molecule has 3 atom stereocenters. The number of amides is 2. The van der Waals surface area contributed by atoms with Crippen molar-refractivity contribution >= 4 is 28.4 Å². The fourth-order valence-electron chi connectivity index (χ4n) is 6.06. The molecule has 2 aliphatic rings. The summed E-state index contributed by atoms with van der Waals surface area (Å²) >= 11 is 0. The summed E-state index contributed by atoms with van der Waals surface area (Å²) in [6.07, 6.45) is 3.17. The molecule has 6 rings (SSSR count). The van der Waals surface area contributed by atoms with E-state index in [0.29, 0.717) is 12.8 Å². The summed E-state index contributed by atoms with van der Waals surface area (Å²) in [6, 6.07) is 19.8. The molecule has 182 valence electrons. The first-order valence-electron chi connectivity index (χ1n) is 12.2. The molecule has 2 heterocycles. The van der Waals surface area contributed by atoms with E-state index in [1.165, 1.54) is 12.1 Å². The molecule has 1 aliphatic heterocycles. The molecule has 36 heavy (non-hydrogen) atoms. The van der Waals surface area contributed by atoms with Gasteiger partial charge in [-0.1, -0.05) is 36.8 Å². The molecule has 2 amide bonds. The highest BCUT2D eigenvalue weighted by molar-refractivity contribution is 6.01. The lowest BCUT2D eigenvalue weighted by Gasteiger charge is -2.32. The van der Waals surface area contributed by atoms with Crippen molar-refractivity contribution in [2.75, 3.05) is 4.90 Å². The topological polar surface area (TPSA) is 81.2 Å². The van der Waals surface area contributed by atoms with Gasteiger partial charge in [0.2, 0.25) is 11.8 Å². The number of halogens is 1. The van der Waals surface area contributed by atoms with Crippen molar-refractivity contribution in [2.45, 2.75) is 32.7 Å². The highest BCUT2D eigenvalue weighted by Crippen LogP contribution is 2.62. The largest absolute Gasteiger partial charge is 0.369 e. The Morgan fingerprint density at radius 3 is 2.44 bits per heavy atom. The van der Waals surface area contributed by atoms with Gasteiger partial charge in [0.25, 0.3) is 0 Å². The van der Waals surface area contributed by atoms with Gasteiger partial charge in [-0.3, -0.25) is 9.59 Å². The zero-order valence-corrected chi connectivity index (χ0v) is 20.2. The lowest BCUT2D eigenvalue weighted by Crippen LogP contribution is -2.37. The van der Waals surface area contributed by atoms with Crippen LogP contribution < -0.4 is 10.6 Å². The summed E-state index contributed by atoms with van der Waals surface area (Å²) in [4.78, 5) is 28.2. The van der Waals surface area contributed by atoms with Crippen LogP contribution in [0.3, 0.4) is 0 Å². The Balaban J connectivity index is 1.47. The van der Waals surface area contributed by atoms with Crippen LogP contribution in [0.4, 0.5) is 10.1 Å². The van der Waals surface area contributed by atoms with E-state index in [-0.39, 0.29) is 35.5 Å². The number of hydrogen-bond donors (Lipinski definition) is 1. The molecular weight excluding hydrogens is 455 g/mol. The lowest BCUT2D eigenvalue weighted by atomic mass is 9.75. The minimum atomic E-state index is -0.657. The Labute approximate surface area is 208 Å². The van der Waals surface area contributed by atoms with Crippen LogP contribution >= 0.6 is 0 Å². The maximum atomic E-state index is 13.8. The first-order chi connectivity index (χ1) is 17.3. The summed E-state index contributed by atoms with van der Waals surface area (Å²) < 4.78 is 15.2. The van der Waals surface area contributed by atoms with E-state index in [0.717, 1.165) is 33.4 Å². The van der Waals surface area contributed by atoms with Crippen LogP contribution in [0.1, 0.15) is 36.9 Å². The number of hydrogen-bond acceptors (Lipinski definition) is 3. The number of carbonyl (C=O) groups is 2. The van der Waals surface area contributed by atoms with Crippen LogP contribution in [0, 0.1) is 30.0 Å². The minimum Gasteiger partial charge on any atom is -0.369 e. The second kappa shape index (κ2) is 8.01. The Morgan fingerprint density at radius 1 is 1.06 bits per heavy atom. The summed E-state index contributed by atoms with van der Waals surface area (Å²) in [5, 5.41) is 5.36. The first kappa shape index (κ1) is 22.5. The molecule has 1 saturated heterocycles. The number of rotatable bonds is 5. The average molecular weight is 483 g/mol. The summed E-state index contributed by atoms with van der Waals surface area (Å²) in [5.74, 6) is -1.18. The predicted octanol–water partition coefficient (Wildman–Crippen LogP) is 5.08. The highest BCUT2D eigenvalue weighted by atomic mass is 19.1. The van der Waals surface area contributed by atoms with E-state index in [9.17, 15) is 14.0 Å². The molecule has 1 aromatic heterocycles. The second-order valence-electron chi connectivity index (χ2n) is 10.2. The van der Waals surface area contributed by atoms with E-state index in [1.807, 2.05) is 55.1 Å². The number of nitrogens with two attached hydrogens (primary N) is 1. The molecule has 0 spiro atoms. The third-order valence-corrected chi connectivity index (χ3v) is 7.99. The predicted molar refractivity (Wildman–Crippen MR) is 136 cm³/mol. The van der Waals surface area contributed by atoms with Gasteiger partial charge in [-0.2, -0.15) is 5.10 Å². The van der Waals surface area contributed by atoms with Crippen molar-refractivity contribution in [3.8, 4) is 5.69 Å². The van der Waals surface area contributed by atoms with Crippen LogP contribution in [0.2, 0.25) is 0 Å². The standard InChI is InChI=1S/C29H27FN4O2/c1-17-4-3-5-19(14-17)26-25(29(12-13-29)28(31)36)18(2)27(35)33(26)23-10-11-24-20(15-23)16-32-34(24)22-8-6-21(30)7-9-22/h3-11,14-16,18,25-26H,12-13H2,1-2H3,(H2,31,36)/t18-,25+,26-/m0/s1. The van der Waals surface area contributed by atoms with E-state index >= 15 is 0 Å². The van der Waals surface area contributed by atoms with Crippen molar-refractivity contribution in [3.05, 3.63) is 89.9 Å². The molecule has 7 heteroatoms. The maximum Gasteiger partial charge on any atom is 0.230 e. The van der Waals surface area contributed by atoms with Gasteiger partial charge in [0.15, 0.2) is 0 Å². The van der Waals surface area contributed by atoms with Crippen molar-refractivity contribution in [1.29, 1.82) is 0 Å². The Bertz CT molecular complexity index is 1510. The van der Waals surface area contributed by atoms with Gasteiger partial charge in [-0.25, -0.2) is 9.07 Å². The highest BCUT2D eigenvalue weighted by Gasteiger charge is 2.64. The molecule has 6 nitrogen and oxygen atoms in total. The van der Waals surface area contributed by atoms with Crippen LogP contribution in [-0.2, 0) is 9.59 Å². The molecule has 0 bridgehead atoms.